The number of amides is 1. The molecule has 0 bridgehead atoms. The molecule has 0 aliphatic carbocycles. The van der Waals surface area contributed by atoms with Gasteiger partial charge < -0.3 is 29.9 Å². The van der Waals surface area contributed by atoms with E-state index in [1.54, 1.807) is 0 Å². The molecule has 1 aliphatic rings. The van der Waals surface area contributed by atoms with E-state index in [-0.39, 0.29) is 11.9 Å². The minimum absolute atomic E-state index is 0.116. The molecule has 0 atom stereocenters. The quantitative estimate of drug-likeness (QED) is 0.146. The third-order valence-electron chi connectivity index (χ3n) is 6.77. The van der Waals surface area contributed by atoms with Gasteiger partial charge in [-0.3, -0.25) is 9.59 Å². The Labute approximate surface area is 249 Å². The fourth-order valence-electron chi connectivity index (χ4n) is 4.67. The van der Waals surface area contributed by atoms with Crippen LogP contribution in [0, 0.1) is 0 Å². The summed E-state index contributed by atoms with van der Waals surface area (Å²) in [5.74, 6) is 0.725. The van der Waals surface area contributed by atoms with Gasteiger partial charge in [-0.15, -0.1) is 0 Å². The number of halogens is 1. The normalized spacial score (nSPS) is 14.0. The van der Waals surface area contributed by atoms with E-state index in [1.807, 2.05) is 43.3 Å². The Morgan fingerprint density at radius 3 is 2.54 bits per heavy atom. The van der Waals surface area contributed by atoms with Crippen molar-refractivity contribution in [1.29, 1.82) is 0 Å². The number of aromatic nitrogens is 2. The standard InChI is InChI=1S/C30H37BrN6O4/c1-3-28(38)35-26-19-24-25(32-21-33-30(24)34-23-9-5-8-22(31)18-23)20-27(26)41-17-7-12-37-15-13-36(14-16-37)11-6-10-29(39)40-4-2/h3,5,8-9,18-21H,1,4,6-7,10-17H2,2H3,(H,35,38)(H,32,33,34). The molecule has 4 rings (SSSR count). The molecule has 218 valence electrons. The van der Waals surface area contributed by atoms with Crippen molar-refractivity contribution in [3.05, 3.63) is 59.9 Å². The predicted molar refractivity (Wildman–Crippen MR) is 165 cm³/mol. The molecule has 1 fully saturated rings. The number of anilines is 3. The van der Waals surface area contributed by atoms with Gasteiger partial charge in [-0.25, -0.2) is 9.97 Å². The van der Waals surface area contributed by atoms with E-state index >= 15 is 0 Å². The number of nitrogens with one attached hydrogen (secondary N) is 2. The number of fused-ring (bicyclic) bond motifs is 1. The number of nitrogens with zero attached hydrogens (tertiary/aromatic N) is 4. The number of rotatable bonds is 14. The van der Waals surface area contributed by atoms with E-state index in [4.69, 9.17) is 9.47 Å². The summed E-state index contributed by atoms with van der Waals surface area (Å²) in [6.07, 6.45) is 4.88. The maximum Gasteiger partial charge on any atom is 0.305 e. The first kappa shape index (κ1) is 30.4. The van der Waals surface area contributed by atoms with Crippen molar-refractivity contribution in [3.63, 3.8) is 0 Å². The average Bonchev–Trinajstić information content (AvgIpc) is 2.96. The van der Waals surface area contributed by atoms with Crippen molar-refractivity contribution in [1.82, 2.24) is 19.8 Å². The topological polar surface area (TPSA) is 109 Å². The van der Waals surface area contributed by atoms with Gasteiger partial charge in [-0.2, -0.15) is 0 Å². The number of hydrogen-bond acceptors (Lipinski definition) is 9. The number of benzene rings is 2. The molecule has 11 heteroatoms. The maximum atomic E-state index is 12.2. The third kappa shape index (κ3) is 9.24. The number of ether oxygens (including phenoxy) is 2. The van der Waals surface area contributed by atoms with Crippen LogP contribution in [-0.4, -0.2) is 84.1 Å². The molecule has 0 saturated carbocycles. The van der Waals surface area contributed by atoms with Crippen molar-refractivity contribution in [3.8, 4) is 5.75 Å². The Bertz CT molecular complexity index is 1350. The summed E-state index contributed by atoms with van der Waals surface area (Å²) < 4.78 is 12.1. The summed E-state index contributed by atoms with van der Waals surface area (Å²) in [6.45, 7) is 12.1. The molecular formula is C30H37BrN6O4. The van der Waals surface area contributed by atoms with Crippen LogP contribution in [0.25, 0.3) is 10.9 Å². The van der Waals surface area contributed by atoms with Crippen molar-refractivity contribution in [2.75, 3.05) is 63.1 Å². The van der Waals surface area contributed by atoms with Crippen molar-refractivity contribution in [2.45, 2.75) is 26.2 Å². The summed E-state index contributed by atoms with van der Waals surface area (Å²) in [5, 5.41) is 6.94. The molecule has 2 heterocycles. The Balaban J connectivity index is 1.33. The molecule has 1 aromatic heterocycles. The monoisotopic (exact) mass is 624 g/mol. The second kappa shape index (κ2) is 15.5. The first-order valence-electron chi connectivity index (χ1n) is 13.9. The average molecular weight is 626 g/mol. The lowest BCUT2D eigenvalue weighted by Gasteiger charge is -2.34. The minimum Gasteiger partial charge on any atom is -0.491 e. The molecule has 1 amide bonds. The lowest BCUT2D eigenvalue weighted by molar-refractivity contribution is -0.143. The van der Waals surface area contributed by atoms with Crippen molar-refractivity contribution < 1.29 is 19.1 Å². The van der Waals surface area contributed by atoms with Gasteiger partial charge >= 0.3 is 5.97 Å². The van der Waals surface area contributed by atoms with Gasteiger partial charge in [0.25, 0.3) is 0 Å². The highest BCUT2D eigenvalue weighted by atomic mass is 79.9. The number of piperazine rings is 1. The van der Waals surface area contributed by atoms with E-state index in [0.717, 1.165) is 67.7 Å². The van der Waals surface area contributed by atoms with E-state index in [9.17, 15) is 9.59 Å². The van der Waals surface area contributed by atoms with Crippen molar-refractivity contribution in [2.24, 2.45) is 0 Å². The van der Waals surface area contributed by atoms with Gasteiger partial charge in [0.05, 0.1) is 24.4 Å². The summed E-state index contributed by atoms with van der Waals surface area (Å²) >= 11 is 3.49. The highest BCUT2D eigenvalue weighted by Crippen LogP contribution is 2.33. The summed E-state index contributed by atoms with van der Waals surface area (Å²) in [6, 6.07) is 11.4. The molecular weight excluding hydrogens is 588 g/mol. The van der Waals surface area contributed by atoms with Crippen LogP contribution in [0.1, 0.15) is 26.2 Å². The molecule has 0 spiro atoms. The smallest absolute Gasteiger partial charge is 0.305 e. The predicted octanol–water partition coefficient (Wildman–Crippen LogP) is 4.99. The van der Waals surface area contributed by atoms with E-state index in [2.05, 4.69) is 52.9 Å². The van der Waals surface area contributed by atoms with Gasteiger partial charge in [0.2, 0.25) is 5.91 Å². The fraction of sp³-hybridized carbons (Fsp3) is 0.400. The summed E-state index contributed by atoms with van der Waals surface area (Å²) in [7, 11) is 0. The first-order valence-corrected chi connectivity index (χ1v) is 14.7. The van der Waals surface area contributed by atoms with Crippen LogP contribution in [-0.2, 0) is 14.3 Å². The van der Waals surface area contributed by atoms with Crippen LogP contribution in [0.5, 0.6) is 5.75 Å². The lowest BCUT2D eigenvalue weighted by Crippen LogP contribution is -2.47. The molecule has 1 saturated heterocycles. The lowest BCUT2D eigenvalue weighted by atomic mass is 10.1. The molecule has 0 unspecified atom stereocenters. The second-order valence-corrected chi connectivity index (χ2v) is 10.6. The Hall–Kier alpha value is -3.54. The molecule has 1 aliphatic heterocycles. The van der Waals surface area contributed by atoms with Crippen LogP contribution < -0.4 is 15.4 Å². The molecule has 2 aromatic carbocycles. The largest absolute Gasteiger partial charge is 0.491 e. The van der Waals surface area contributed by atoms with Crippen LogP contribution in [0.15, 0.2) is 59.9 Å². The van der Waals surface area contributed by atoms with Crippen LogP contribution in [0.3, 0.4) is 0 Å². The highest BCUT2D eigenvalue weighted by molar-refractivity contribution is 9.10. The molecule has 41 heavy (non-hydrogen) atoms. The fourth-order valence-corrected chi connectivity index (χ4v) is 5.07. The molecule has 0 radical (unpaired) electrons. The van der Waals surface area contributed by atoms with Crippen LogP contribution in [0.2, 0.25) is 0 Å². The van der Waals surface area contributed by atoms with E-state index in [0.29, 0.717) is 42.4 Å². The Kier molecular flexibility index (Phi) is 11.5. The Morgan fingerprint density at radius 2 is 1.83 bits per heavy atom. The van der Waals surface area contributed by atoms with Gasteiger partial charge in [0, 0.05) is 60.8 Å². The number of carbonyl (C=O) groups excluding carboxylic acids is 2. The molecule has 2 N–H and O–H groups in total. The van der Waals surface area contributed by atoms with Gasteiger partial charge in [-0.1, -0.05) is 28.6 Å². The zero-order valence-corrected chi connectivity index (χ0v) is 25.0. The van der Waals surface area contributed by atoms with Gasteiger partial charge in [0.15, 0.2) is 0 Å². The van der Waals surface area contributed by atoms with Gasteiger partial charge in [-0.05, 0) is 56.7 Å². The number of esters is 1. The highest BCUT2D eigenvalue weighted by Gasteiger charge is 2.17. The van der Waals surface area contributed by atoms with Crippen LogP contribution in [0.4, 0.5) is 17.2 Å². The van der Waals surface area contributed by atoms with Crippen LogP contribution >= 0.6 is 15.9 Å². The number of carbonyl (C=O) groups is 2. The van der Waals surface area contributed by atoms with E-state index in [1.165, 1.54) is 12.4 Å². The van der Waals surface area contributed by atoms with Crippen molar-refractivity contribution >= 4 is 55.9 Å². The zero-order valence-electron chi connectivity index (χ0n) is 23.4. The maximum absolute atomic E-state index is 12.2. The first-order chi connectivity index (χ1) is 19.9. The summed E-state index contributed by atoms with van der Waals surface area (Å²) in [4.78, 5) is 37.4. The Morgan fingerprint density at radius 1 is 1.07 bits per heavy atom. The summed E-state index contributed by atoms with van der Waals surface area (Å²) in [5.41, 5.74) is 2.10. The van der Waals surface area contributed by atoms with Gasteiger partial charge in [0.1, 0.15) is 17.9 Å². The zero-order chi connectivity index (χ0) is 29.0. The third-order valence-corrected chi connectivity index (χ3v) is 7.26. The van der Waals surface area contributed by atoms with E-state index < -0.39 is 0 Å². The molecule has 10 nitrogen and oxygen atoms in total. The minimum atomic E-state index is -0.326. The SMILES string of the molecule is C=CC(=O)Nc1cc2c(Nc3cccc(Br)c3)ncnc2cc1OCCCN1CCN(CCCC(=O)OCC)CC1. The molecule has 3 aromatic rings. The second-order valence-electron chi connectivity index (χ2n) is 9.71. The number of hydrogen-bond donors (Lipinski definition) is 2.